The van der Waals surface area contributed by atoms with E-state index in [0.29, 0.717) is 0 Å². The van der Waals surface area contributed by atoms with Crippen LogP contribution < -0.4 is 0 Å². The molecule has 0 aromatic heterocycles. The minimum atomic E-state index is 1.26. The van der Waals surface area contributed by atoms with E-state index in [1.807, 2.05) is 0 Å². The zero-order valence-corrected chi connectivity index (χ0v) is 10.8. The third-order valence-corrected chi connectivity index (χ3v) is 5.41. The van der Waals surface area contributed by atoms with Crippen LogP contribution in [0, 0.1) is 0 Å². The van der Waals surface area contributed by atoms with Gasteiger partial charge in [0.25, 0.3) is 0 Å². The predicted molar refractivity (Wildman–Crippen MR) is 69.5 cm³/mol. The summed E-state index contributed by atoms with van der Waals surface area (Å²) in [6, 6.07) is 0. The van der Waals surface area contributed by atoms with Gasteiger partial charge in [0.15, 0.2) is 0 Å². The Bertz CT molecular complexity index is 109. The van der Waals surface area contributed by atoms with Gasteiger partial charge in [0.05, 0.1) is 0 Å². The Morgan fingerprint density at radius 1 is 0.692 bits per heavy atom. The first-order valence-corrected chi connectivity index (χ1v) is 8.28. The molecule has 13 heavy (non-hydrogen) atoms. The van der Waals surface area contributed by atoms with Crippen LogP contribution in [-0.2, 0) is 0 Å². The minimum absolute atomic E-state index is 1.26. The van der Waals surface area contributed by atoms with E-state index in [9.17, 15) is 0 Å². The molecule has 0 saturated carbocycles. The van der Waals surface area contributed by atoms with Crippen molar-refractivity contribution in [2.24, 2.45) is 0 Å². The molecule has 0 atom stereocenters. The average molecular weight is 237 g/mol. The Labute approximate surface area is 94.8 Å². The smallest absolute Gasteiger partial charge is 0.00696 e. The molecular weight excluding hydrogens is 218 g/mol. The number of rotatable bonds is 0. The quantitative estimate of drug-likeness (QED) is 0.635. The SMILES string of the molecule is CN1CCSCCSCCSCC1. The normalized spacial score (nSPS) is 24.7. The second-order valence-electron chi connectivity index (χ2n) is 3.14. The van der Waals surface area contributed by atoms with E-state index in [1.54, 1.807) is 0 Å². The van der Waals surface area contributed by atoms with Crippen molar-refractivity contribution >= 4 is 35.3 Å². The number of thioether (sulfide) groups is 3. The molecule has 0 amide bonds. The molecule has 0 radical (unpaired) electrons. The summed E-state index contributed by atoms with van der Waals surface area (Å²) in [6.07, 6.45) is 0. The van der Waals surface area contributed by atoms with E-state index < -0.39 is 0 Å². The van der Waals surface area contributed by atoms with Crippen LogP contribution in [0.2, 0.25) is 0 Å². The Hall–Kier alpha value is 1.01. The van der Waals surface area contributed by atoms with Crippen molar-refractivity contribution in [1.29, 1.82) is 0 Å². The first-order chi connectivity index (χ1) is 6.39. The highest BCUT2D eigenvalue weighted by Gasteiger charge is 2.00. The maximum atomic E-state index is 2.45. The molecule has 0 unspecified atom stereocenters. The Morgan fingerprint density at radius 3 is 1.54 bits per heavy atom. The standard InChI is InChI=1S/C9H19NS3/c1-10-2-4-11-6-8-13-9-7-12-5-3-10/h2-9H2,1H3. The van der Waals surface area contributed by atoms with E-state index in [1.165, 1.54) is 47.6 Å². The van der Waals surface area contributed by atoms with E-state index in [4.69, 9.17) is 0 Å². The molecule has 0 bridgehead atoms. The summed E-state index contributed by atoms with van der Waals surface area (Å²) >= 11 is 6.32. The summed E-state index contributed by atoms with van der Waals surface area (Å²) in [5.41, 5.74) is 0. The molecule has 0 aromatic rings. The molecular formula is C9H19NS3. The van der Waals surface area contributed by atoms with Crippen LogP contribution >= 0.6 is 35.3 Å². The van der Waals surface area contributed by atoms with Crippen LogP contribution in [0.3, 0.4) is 0 Å². The van der Waals surface area contributed by atoms with Crippen LogP contribution in [0.15, 0.2) is 0 Å². The van der Waals surface area contributed by atoms with Crippen molar-refractivity contribution in [2.75, 3.05) is 54.7 Å². The molecule has 0 spiro atoms. The zero-order chi connectivity index (χ0) is 9.36. The van der Waals surface area contributed by atoms with Crippen molar-refractivity contribution in [2.45, 2.75) is 0 Å². The summed E-state index contributed by atoms with van der Waals surface area (Å²) in [5.74, 6) is 7.97. The van der Waals surface area contributed by atoms with Crippen molar-refractivity contribution in [3.63, 3.8) is 0 Å². The van der Waals surface area contributed by atoms with Crippen molar-refractivity contribution < 1.29 is 0 Å². The molecule has 1 nitrogen and oxygen atoms in total. The first-order valence-electron chi connectivity index (χ1n) is 4.81. The fourth-order valence-corrected chi connectivity index (χ4v) is 4.47. The summed E-state index contributed by atoms with van der Waals surface area (Å²) in [7, 11) is 2.24. The molecule has 78 valence electrons. The molecule has 0 N–H and O–H groups in total. The van der Waals surface area contributed by atoms with Crippen LogP contribution in [0.25, 0.3) is 0 Å². The monoisotopic (exact) mass is 237 g/mol. The number of hydrogen-bond acceptors (Lipinski definition) is 4. The van der Waals surface area contributed by atoms with Crippen LogP contribution in [0.1, 0.15) is 0 Å². The van der Waals surface area contributed by atoms with Gasteiger partial charge in [-0.1, -0.05) is 0 Å². The average Bonchev–Trinajstić information content (AvgIpc) is 2.11. The summed E-state index contributed by atoms with van der Waals surface area (Å²) < 4.78 is 0. The van der Waals surface area contributed by atoms with Gasteiger partial charge in [0.2, 0.25) is 0 Å². The molecule has 1 aliphatic heterocycles. The molecule has 0 aromatic carbocycles. The van der Waals surface area contributed by atoms with E-state index >= 15 is 0 Å². The lowest BCUT2D eigenvalue weighted by Crippen LogP contribution is -2.24. The second-order valence-corrected chi connectivity index (χ2v) is 6.81. The Balaban J connectivity index is 2.11. The molecule has 4 heteroatoms. The van der Waals surface area contributed by atoms with Gasteiger partial charge in [-0.05, 0) is 7.05 Å². The van der Waals surface area contributed by atoms with Crippen molar-refractivity contribution in [1.82, 2.24) is 4.90 Å². The fourth-order valence-electron chi connectivity index (χ4n) is 1.09. The first kappa shape index (κ1) is 12.1. The van der Waals surface area contributed by atoms with Crippen LogP contribution in [0.5, 0.6) is 0 Å². The van der Waals surface area contributed by atoms with E-state index in [0.717, 1.165) is 0 Å². The molecule has 1 rings (SSSR count). The lowest BCUT2D eigenvalue weighted by Gasteiger charge is -2.16. The van der Waals surface area contributed by atoms with E-state index in [-0.39, 0.29) is 0 Å². The molecule has 1 saturated heterocycles. The predicted octanol–water partition coefficient (Wildman–Crippen LogP) is 2.13. The van der Waals surface area contributed by atoms with Crippen molar-refractivity contribution in [3.8, 4) is 0 Å². The third-order valence-electron chi connectivity index (χ3n) is 1.98. The topological polar surface area (TPSA) is 3.24 Å². The summed E-state index contributed by atoms with van der Waals surface area (Å²) in [6.45, 7) is 2.52. The highest BCUT2D eigenvalue weighted by Crippen LogP contribution is 2.11. The van der Waals surface area contributed by atoms with Gasteiger partial charge in [-0.2, -0.15) is 35.3 Å². The van der Waals surface area contributed by atoms with Gasteiger partial charge in [-0.3, -0.25) is 0 Å². The largest absolute Gasteiger partial charge is 0.305 e. The molecule has 1 fully saturated rings. The van der Waals surface area contributed by atoms with Gasteiger partial charge in [-0.15, -0.1) is 0 Å². The van der Waals surface area contributed by atoms with Gasteiger partial charge in [0, 0.05) is 47.6 Å². The summed E-state index contributed by atoms with van der Waals surface area (Å²) in [5, 5.41) is 0. The molecule has 0 aliphatic carbocycles. The van der Waals surface area contributed by atoms with Crippen LogP contribution in [0.4, 0.5) is 0 Å². The number of nitrogens with zero attached hydrogens (tertiary/aromatic N) is 1. The maximum Gasteiger partial charge on any atom is 0.00696 e. The van der Waals surface area contributed by atoms with Gasteiger partial charge < -0.3 is 4.90 Å². The highest BCUT2D eigenvalue weighted by molar-refractivity contribution is 8.04. The lowest BCUT2D eigenvalue weighted by atomic mass is 10.6. The fraction of sp³-hybridized carbons (Fsp3) is 1.00. The molecule has 1 heterocycles. The van der Waals surface area contributed by atoms with Crippen molar-refractivity contribution in [3.05, 3.63) is 0 Å². The minimum Gasteiger partial charge on any atom is -0.305 e. The molecule has 1 aliphatic rings. The Morgan fingerprint density at radius 2 is 1.08 bits per heavy atom. The number of hydrogen-bond donors (Lipinski definition) is 0. The van der Waals surface area contributed by atoms with Gasteiger partial charge >= 0.3 is 0 Å². The van der Waals surface area contributed by atoms with Crippen LogP contribution in [-0.4, -0.2) is 59.6 Å². The third kappa shape index (κ3) is 7.00. The van der Waals surface area contributed by atoms with Gasteiger partial charge in [0.1, 0.15) is 0 Å². The summed E-state index contributed by atoms with van der Waals surface area (Å²) in [4.78, 5) is 2.45. The highest BCUT2D eigenvalue weighted by atomic mass is 32.2. The zero-order valence-electron chi connectivity index (χ0n) is 8.33. The van der Waals surface area contributed by atoms with Gasteiger partial charge in [-0.25, -0.2) is 0 Å². The Kier molecular flexibility index (Phi) is 7.74. The van der Waals surface area contributed by atoms with E-state index in [2.05, 4.69) is 47.2 Å². The maximum absolute atomic E-state index is 2.45. The lowest BCUT2D eigenvalue weighted by molar-refractivity contribution is 0.380. The second kappa shape index (κ2) is 8.33.